The van der Waals surface area contributed by atoms with Crippen molar-refractivity contribution in [1.82, 2.24) is 0 Å². The molecule has 0 amide bonds. The third kappa shape index (κ3) is 6.67. The molecule has 0 aromatic carbocycles. The predicted molar refractivity (Wildman–Crippen MR) is 111 cm³/mol. The Balaban J connectivity index is 0.000000213. The summed E-state index contributed by atoms with van der Waals surface area (Å²) in [5, 5.41) is 26.5. The van der Waals surface area contributed by atoms with Gasteiger partial charge >= 0.3 is 19.5 Å². The molecule has 13 heteroatoms. The largest absolute Gasteiger partial charge is 2.00 e. The molecule has 4 aliphatic rings. The quantitative estimate of drug-likeness (QED) is 0.301. The first kappa shape index (κ1) is 27.5. The van der Waals surface area contributed by atoms with Crippen LogP contribution in [0.3, 0.4) is 0 Å². The summed E-state index contributed by atoms with van der Waals surface area (Å²) in [6.45, 7) is 1.38. The molecule has 0 aromatic rings. The van der Waals surface area contributed by atoms with Gasteiger partial charge in [0.1, 0.15) is 0 Å². The maximum atomic E-state index is 11.2. The van der Waals surface area contributed by atoms with Crippen molar-refractivity contribution in [3.8, 4) is 0 Å². The third-order valence-corrected chi connectivity index (χ3v) is 9.65. The minimum Gasteiger partial charge on any atom is -0.657 e. The maximum absolute atomic E-state index is 11.2. The van der Waals surface area contributed by atoms with Crippen LogP contribution in [0.1, 0.15) is 51.4 Å². The van der Waals surface area contributed by atoms with E-state index in [1.807, 2.05) is 0 Å². The van der Waals surface area contributed by atoms with Gasteiger partial charge in [-0.15, -0.1) is 25.2 Å². The van der Waals surface area contributed by atoms with Gasteiger partial charge in [-0.05, 0) is 37.5 Å². The fraction of sp³-hybridized carbons (Fsp3) is 1.00. The van der Waals surface area contributed by atoms with Crippen molar-refractivity contribution in [2.45, 2.75) is 86.2 Å². The van der Waals surface area contributed by atoms with E-state index in [-0.39, 0.29) is 43.4 Å². The first-order chi connectivity index (χ1) is 14.0. The average molecular weight is 534 g/mol. The Kier molecular flexibility index (Phi) is 9.89. The van der Waals surface area contributed by atoms with Crippen molar-refractivity contribution in [3.63, 3.8) is 0 Å². The summed E-state index contributed by atoms with van der Waals surface area (Å²) in [6, 6.07) is -0.584. The van der Waals surface area contributed by atoms with E-state index in [2.05, 4.69) is 10.6 Å². The molecule has 2 aliphatic heterocycles. The Hall–Kier alpha value is 0.283. The predicted octanol–water partition coefficient (Wildman–Crippen LogP) is 1.10. The summed E-state index contributed by atoms with van der Waals surface area (Å²) in [5.41, 5.74) is 0. The Bertz CT molecular complexity index is 730. The van der Waals surface area contributed by atoms with Crippen molar-refractivity contribution in [2.24, 2.45) is 11.8 Å². The summed E-state index contributed by atoms with van der Waals surface area (Å²) in [4.78, 5) is 0. The van der Waals surface area contributed by atoms with Gasteiger partial charge in [-0.1, -0.05) is 25.7 Å². The molecule has 176 valence electrons. The fourth-order valence-electron chi connectivity index (χ4n) is 5.55. The average Bonchev–Trinajstić information content (AvgIpc) is 2.67. The first-order valence-corrected chi connectivity index (χ1v) is 13.6. The van der Waals surface area contributed by atoms with Crippen LogP contribution in [0, 0.1) is 11.8 Å². The van der Waals surface area contributed by atoms with Gasteiger partial charge in [-0.25, -0.2) is 0 Å². The molecule has 4 N–H and O–H groups in total. The van der Waals surface area contributed by atoms with Crippen molar-refractivity contribution in [3.05, 3.63) is 10.6 Å². The van der Waals surface area contributed by atoms with Crippen LogP contribution < -0.4 is 0 Å². The fourth-order valence-corrected chi connectivity index (χ4v) is 7.90. The zero-order chi connectivity index (χ0) is 22.1. The van der Waals surface area contributed by atoms with Crippen LogP contribution in [0.5, 0.6) is 0 Å². The number of hydrogen-bond acceptors (Lipinski definition) is 6. The van der Waals surface area contributed by atoms with Crippen LogP contribution in [-0.2, 0) is 39.7 Å². The molecular weight excluding hydrogens is 502 g/mol. The number of fused-ring (bicyclic) bond motifs is 2. The van der Waals surface area contributed by atoms with E-state index < -0.39 is 42.9 Å². The van der Waals surface area contributed by atoms with Crippen LogP contribution in [0.15, 0.2) is 0 Å². The molecule has 10 nitrogen and oxygen atoms in total. The minimum atomic E-state index is -3.99. The number of aliphatic hydroxyl groups excluding tert-OH is 2. The van der Waals surface area contributed by atoms with E-state index in [0.29, 0.717) is 38.8 Å². The Labute approximate surface area is 197 Å². The number of nitrogens with zero attached hydrogens (tertiary/aromatic N) is 2. The van der Waals surface area contributed by atoms with Crippen LogP contribution in [0.2, 0.25) is 0 Å². The molecule has 8 atom stereocenters. The minimum absolute atomic E-state index is 0. The topological polar surface area (TPSA) is 177 Å². The molecule has 2 saturated heterocycles. The molecule has 0 aromatic heterocycles. The van der Waals surface area contributed by atoms with Gasteiger partial charge in [0.25, 0.3) is 20.2 Å². The molecule has 2 heterocycles. The van der Waals surface area contributed by atoms with Gasteiger partial charge in [0.15, 0.2) is 0 Å². The molecule has 0 bridgehead atoms. The Morgan fingerprint density at radius 2 is 0.968 bits per heavy atom. The third-order valence-electron chi connectivity index (χ3n) is 6.95. The van der Waals surface area contributed by atoms with Crippen LogP contribution >= 0.6 is 0 Å². The second-order valence-electron chi connectivity index (χ2n) is 8.80. The number of hydrogen-bond donors (Lipinski definition) is 4. The van der Waals surface area contributed by atoms with Gasteiger partial charge in [0.05, 0.1) is 10.5 Å². The number of rotatable bonds is 2. The molecular formula is C18H32N2O8S2Zn. The molecule has 4 rings (SSSR count). The summed E-state index contributed by atoms with van der Waals surface area (Å²) in [5.74, 6) is -0.394. The monoisotopic (exact) mass is 532 g/mol. The first-order valence-electron chi connectivity index (χ1n) is 10.6. The summed E-state index contributed by atoms with van der Waals surface area (Å²) >= 11 is 0. The van der Waals surface area contributed by atoms with E-state index in [0.717, 1.165) is 25.7 Å². The van der Waals surface area contributed by atoms with Gasteiger partial charge in [-0.3, -0.25) is 9.11 Å². The van der Waals surface area contributed by atoms with Gasteiger partial charge in [-0.2, -0.15) is 16.8 Å². The van der Waals surface area contributed by atoms with Crippen molar-refractivity contribution >= 4 is 20.2 Å². The SMILES string of the molecule is O=S(=O)(O)C1CCC(O)C2[N-]CCCC21.O=S(=O)(O)C1CCC(O)C2[N-]CCCC21.[Zn+2]. The molecule has 4 fully saturated rings. The van der Waals surface area contributed by atoms with Gasteiger partial charge in [0.2, 0.25) is 0 Å². The van der Waals surface area contributed by atoms with Crippen molar-refractivity contribution in [2.75, 3.05) is 13.1 Å². The van der Waals surface area contributed by atoms with Crippen LogP contribution in [0.4, 0.5) is 0 Å². The summed E-state index contributed by atoms with van der Waals surface area (Å²) in [6.07, 6.45) is 3.60. The zero-order valence-corrected chi connectivity index (χ0v) is 22.1. The van der Waals surface area contributed by atoms with E-state index in [9.17, 15) is 27.0 Å². The Morgan fingerprint density at radius 3 is 1.29 bits per heavy atom. The van der Waals surface area contributed by atoms with Crippen LogP contribution in [-0.4, -0.2) is 84.0 Å². The maximum Gasteiger partial charge on any atom is 2.00 e. The summed E-state index contributed by atoms with van der Waals surface area (Å²) < 4.78 is 63.0. The van der Waals surface area contributed by atoms with E-state index >= 15 is 0 Å². The molecule has 0 spiro atoms. The number of piperidine rings is 2. The van der Waals surface area contributed by atoms with Crippen molar-refractivity contribution in [1.29, 1.82) is 0 Å². The second kappa shape index (κ2) is 11.1. The Morgan fingerprint density at radius 1 is 0.613 bits per heavy atom. The zero-order valence-electron chi connectivity index (χ0n) is 17.5. The second-order valence-corrected chi connectivity index (χ2v) is 12.1. The normalized spacial score (nSPS) is 40.9. The molecule has 0 radical (unpaired) electrons. The van der Waals surface area contributed by atoms with Crippen LogP contribution in [0.25, 0.3) is 10.6 Å². The summed E-state index contributed by atoms with van der Waals surface area (Å²) in [7, 11) is -7.98. The van der Waals surface area contributed by atoms with E-state index in [1.54, 1.807) is 0 Å². The van der Waals surface area contributed by atoms with Gasteiger partial charge < -0.3 is 20.8 Å². The van der Waals surface area contributed by atoms with Gasteiger partial charge in [0, 0.05) is 12.2 Å². The molecule has 2 saturated carbocycles. The molecule has 2 aliphatic carbocycles. The molecule has 31 heavy (non-hydrogen) atoms. The van der Waals surface area contributed by atoms with E-state index in [1.165, 1.54) is 0 Å². The number of aliphatic hydroxyl groups is 2. The van der Waals surface area contributed by atoms with E-state index in [4.69, 9.17) is 9.11 Å². The molecule has 8 unspecified atom stereocenters. The smallest absolute Gasteiger partial charge is 0.657 e. The van der Waals surface area contributed by atoms with Crippen molar-refractivity contribution < 1.29 is 55.6 Å². The standard InChI is InChI=1S/2C9H16NO4S.Zn/c2*11-7-3-4-8(15(12,13)14)6-2-1-5-10-9(6)7;/h2*6-9,11H,1-5H2,(H,12,13,14);/q2*-1;+2.